The molecule has 0 N–H and O–H groups in total. The molecule has 6 heteroatoms. The average molecular weight is 392 g/mol. The second-order valence-electron chi connectivity index (χ2n) is 7.59. The Hall–Kier alpha value is -1.59. The molecule has 3 rings (SSSR count). The second kappa shape index (κ2) is 9.07. The van der Waals surface area contributed by atoms with Gasteiger partial charge < -0.3 is 9.80 Å². The van der Waals surface area contributed by atoms with Gasteiger partial charge in [0.05, 0.1) is 5.92 Å². The van der Waals surface area contributed by atoms with E-state index in [1.54, 1.807) is 0 Å². The van der Waals surface area contributed by atoms with Gasteiger partial charge in [-0.1, -0.05) is 36.7 Å². The minimum absolute atomic E-state index is 0.0400. The van der Waals surface area contributed by atoms with Gasteiger partial charge in [0.15, 0.2) is 0 Å². The number of piperidine rings is 1. The fourth-order valence-electron chi connectivity index (χ4n) is 4.23. The molecule has 2 saturated heterocycles. The lowest BCUT2D eigenvalue weighted by Crippen LogP contribution is -2.53. The Labute approximate surface area is 167 Å². The highest BCUT2D eigenvalue weighted by Gasteiger charge is 2.33. The van der Waals surface area contributed by atoms with Crippen molar-refractivity contribution in [2.45, 2.75) is 39.2 Å². The Morgan fingerprint density at radius 1 is 1.11 bits per heavy atom. The minimum atomic E-state index is -0.0400. The summed E-state index contributed by atoms with van der Waals surface area (Å²) in [7, 11) is 0. The third-order valence-corrected chi connectivity index (χ3v) is 6.30. The van der Waals surface area contributed by atoms with E-state index in [0.717, 1.165) is 56.2 Å². The van der Waals surface area contributed by atoms with Crippen molar-refractivity contribution in [2.24, 2.45) is 5.92 Å². The van der Waals surface area contributed by atoms with Crippen LogP contribution in [0.4, 0.5) is 0 Å². The Bertz CT molecular complexity index is 673. The molecule has 0 saturated carbocycles. The highest BCUT2D eigenvalue weighted by molar-refractivity contribution is 6.31. The van der Waals surface area contributed by atoms with E-state index < -0.39 is 0 Å². The molecule has 27 heavy (non-hydrogen) atoms. The van der Waals surface area contributed by atoms with E-state index in [2.05, 4.69) is 17.9 Å². The number of amides is 2. The monoisotopic (exact) mass is 391 g/mol. The zero-order valence-electron chi connectivity index (χ0n) is 16.4. The standard InChI is InChI=1S/C21H30ClN3O2/c1-3-20(26)25-10-6-7-17(15-25)21(27)24-13-11-23(12-14-24)16(2)18-8-4-5-9-19(18)22/h4-5,8-9,16-17H,3,6-7,10-15H2,1-2H3. The molecule has 2 aliphatic heterocycles. The van der Waals surface area contributed by atoms with Crippen LogP contribution in [0.5, 0.6) is 0 Å². The topological polar surface area (TPSA) is 43.9 Å². The van der Waals surface area contributed by atoms with E-state index in [1.807, 2.05) is 34.9 Å². The molecular weight excluding hydrogens is 362 g/mol. The first-order valence-corrected chi connectivity index (χ1v) is 10.4. The summed E-state index contributed by atoms with van der Waals surface area (Å²) in [5.74, 6) is 0.335. The largest absolute Gasteiger partial charge is 0.342 e. The van der Waals surface area contributed by atoms with E-state index in [0.29, 0.717) is 13.0 Å². The van der Waals surface area contributed by atoms with Crippen LogP contribution in [0, 0.1) is 5.92 Å². The molecule has 0 spiro atoms. The quantitative estimate of drug-likeness (QED) is 0.791. The van der Waals surface area contributed by atoms with Crippen molar-refractivity contribution in [1.82, 2.24) is 14.7 Å². The number of halogens is 1. The molecule has 0 radical (unpaired) electrons. The predicted molar refractivity (Wildman–Crippen MR) is 108 cm³/mol. The molecule has 0 aromatic heterocycles. The maximum absolute atomic E-state index is 13.0. The lowest BCUT2D eigenvalue weighted by Gasteiger charge is -2.41. The number of benzene rings is 1. The molecule has 2 heterocycles. The van der Waals surface area contributed by atoms with E-state index in [1.165, 1.54) is 0 Å². The van der Waals surface area contributed by atoms with Crippen molar-refractivity contribution in [3.8, 4) is 0 Å². The zero-order valence-corrected chi connectivity index (χ0v) is 17.1. The number of hydrogen-bond acceptors (Lipinski definition) is 3. The van der Waals surface area contributed by atoms with Crippen LogP contribution in [0.3, 0.4) is 0 Å². The van der Waals surface area contributed by atoms with Gasteiger partial charge in [-0.05, 0) is 31.4 Å². The van der Waals surface area contributed by atoms with Crippen LogP contribution in [0.25, 0.3) is 0 Å². The summed E-state index contributed by atoms with van der Waals surface area (Å²) in [6.07, 6.45) is 2.33. The summed E-state index contributed by atoms with van der Waals surface area (Å²) >= 11 is 6.35. The first kappa shape index (κ1) is 20.2. The first-order valence-electron chi connectivity index (χ1n) is 10.1. The van der Waals surface area contributed by atoms with Gasteiger partial charge in [0.1, 0.15) is 0 Å². The number of nitrogens with zero attached hydrogens (tertiary/aromatic N) is 3. The van der Waals surface area contributed by atoms with Crippen LogP contribution in [0.2, 0.25) is 5.02 Å². The fraction of sp³-hybridized carbons (Fsp3) is 0.619. The van der Waals surface area contributed by atoms with Crippen molar-refractivity contribution in [2.75, 3.05) is 39.3 Å². The molecule has 1 aromatic rings. The van der Waals surface area contributed by atoms with Gasteiger partial charge in [0, 0.05) is 56.8 Å². The normalized spacial score (nSPS) is 22.6. The summed E-state index contributed by atoms with van der Waals surface area (Å²) in [6.45, 7) is 8.62. The summed E-state index contributed by atoms with van der Waals surface area (Å²) < 4.78 is 0. The summed E-state index contributed by atoms with van der Waals surface area (Å²) in [5, 5.41) is 0.798. The van der Waals surface area contributed by atoms with Gasteiger partial charge in [-0.2, -0.15) is 0 Å². The van der Waals surface area contributed by atoms with Crippen molar-refractivity contribution in [3.05, 3.63) is 34.9 Å². The fourth-order valence-corrected chi connectivity index (χ4v) is 4.52. The van der Waals surface area contributed by atoms with E-state index in [9.17, 15) is 9.59 Å². The van der Waals surface area contributed by atoms with Crippen molar-refractivity contribution < 1.29 is 9.59 Å². The summed E-state index contributed by atoms with van der Waals surface area (Å²) in [4.78, 5) is 31.2. The Morgan fingerprint density at radius 2 is 1.81 bits per heavy atom. The highest BCUT2D eigenvalue weighted by Crippen LogP contribution is 2.28. The third kappa shape index (κ3) is 4.64. The number of likely N-dealkylation sites (tertiary alicyclic amines) is 1. The molecule has 0 bridgehead atoms. The molecule has 2 unspecified atom stereocenters. The molecule has 0 aliphatic carbocycles. The van der Waals surface area contributed by atoms with Gasteiger partial charge >= 0.3 is 0 Å². The van der Waals surface area contributed by atoms with Gasteiger partial charge in [0.2, 0.25) is 11.8 Å². The minimum Gasteiger partial charge on any atom is -0.342 e. The zero-order chi connectivity index (χ0) is 19.4. The Kier molecular flexibility index (Phi) is 6.77. The number of hydrogen-bond donors (Lipinski definition) is 0. The Balaban J connectivity index is 1.55. The summed E-state index contributed by atoms with van der Waals surface area (Å²) in [5.41, 5.74) is 1.14. The van der Waals surface area contributed by atoms with Gasteiger partial charge in [-0.15, -0.1) is 0 Å². The maximum Gasteiger partial charge on any atom is 0.227 e. The van der Waals surface area contributed by atoms with Crippen molar-refractivity contribution in [3.63, 3.8) is 0 Å². The Morgan fingerprint density at radius 3 is 2.48 bits per heavy atom. The van der Waals surface area contributed by atoms with Gasteiger partial charge in [0.25, 0.3) is 0 Å². The van der Waals surface area contributed by atoms with Crippen molar-refractivity contribution >= 4 is 23.4 Å². The highest BCUT2D eigenvalue weighted by atomic mass is 35.5. The van der Waals surface area contributed by atoms with Crippen LogP contribution in [0.15, 0.2) is 24.3 Å². The predicted octanol–water partition coefficient (Wildman–Crippen LogP) is 3.19. The molecule has 5 nitrogen and oxygen atoms in total. The number of carbonyl (C=O) groups is 2. The molecule has 148 valence electrons. The van der Waals surface area contributed by atoms with E-state index in [4.69, 9.17) is 11.6 Å². The number of carbonyl (C=O) groups excluding carboxylic acids is 2. The summed E-state index contributed by atoms with van der Waals surface area (Å²) in [6, 6.07) is 8.21. The molecule has 2 aliphatic rings. The maximum atomic E-state index is 13.0. The average Bonchev–Trinajstić information content (AvgIpc) is 2.72. The lowest BCUT2D eigenvalue weighted by atomic mass is 9.95. The van der Waals surface area contributed by atoms with Crippen LogP contribution in [-0.4, -0.2) is 65.8 Å². The van der Waals surface area contributed by atoms with Gasteiger partial charge in [-0.3, -0.25) is 14.5 Å². The number of piperazine rings is 1. The van der Waals surface area contributed by atoms with E-state index in [-0.39, 0.29) is 23.8 Å². The van der Waals surface area contributed by atoms with Crippen LogP contribution in [0.1, 0.15) is 44.7 Å². The molecule has 1 aromatic carbocycles. The molecular formula is C21H30ClN3O2. The number of rotatable bonds is 4. The van der Waals surface area contributed by atoms with Crippen LogP contribution in [-0.2, 0) is 9.59 Å². The molecule has 2 fully saturated rings. The third-order valence-electron chi connectivity index (χ3n) is 5.95. The SMILES string of the molecule is CCC(=O)N1CCCC(C(=O)N2CCN(C(C)c3ccccc3Cl)CC2)C1. The molecule has 2 amide bonds. The lowest BCUT2D eigenvalue weighted by molar-refractivity contribution is -0.142. The van der Waals surface area contributed by atoms with Crippen LogP contribution < -0.4 is 0 Å². The first-order chi connectivity index (χ1) is 13.0. The van der Waals surface area contributed by atoms with Crippen molar-refractivity contribution in [1.29, 1.82) is 0 Å². The van der Waals surface area contributed by atoms with Gasteiger partial charge in [-0.25, -0.2) is 0 Å². The second-order valence-corrected chi connectivity index (χ2v) is 8.00. The van der Waals surface area contributed by atoms with Crippen LogP contribution >= 0.6 is 11.6 Å². The van der Waals surface area contributed by atoms with E-state index >= 15 is 0 Å². The molecule has 2 atom stereocenters. The smallest absolute Gasteiger partial charge is 0.227 e.